The molecule has 4 heterocycles. The first-order valence-corrected chi connectivity index (χ1v) is 7.92. The van der Waals surface area contributed by atoms with Gasteiger partial charge in [-0.2, -0.15) is 0 Å². The Morgan fingerprint density at radius 2 is 1.85 bits per heavy atom. The first-order chi connectivity index (χ1) is 9.46. The Hall–Kier alpha value is -0.200. The fraction of sp³-hybridized carbons (Fsp3) is 1.00. The highest BCUT2D eigenvalue weighted by Crippen LogP contribution is 2.60. The number of hydrogen-bond acceptors (Lipinski definition) is 5. The fourth-order valence-electron chi connectivity index (χ4n) is 4.93. The quantitative estimate of drug-likeness (QED) is 0.690. The SMILES string of the molecule is C[C@@H]1CCC2[C@@H](C)[C@@H](N)O[C@@H]3OC4(C)CCC1[C@@]23OO4. The van der Waals surface area contributed by atoms with E-state index >= 15 is 0 Å². The van der Waals surface area contributed by atoms with Crippen molar-refractivity contribution in [3.63, 3.8) is 0 Å². The smallest absolute Gasteiger partial charge is 0.201 e. The average Bonchev–Trinajstić information content (AvgIpc) is 2.63. The van der Waals surface area contributed by atoms with Crippen molar-refractivity contribution in [3.05, 3.63) is 0 Å². The normalized spacial score (nSPS) is 61.8. The zero-order chi connectivity index (χ0) is 14.1. The second kappa shape index (κ2) is 4.17. The van der Waals surface area contributed by atoms with Gasteiger partial charge in [-0.05, 0) is 38.0 Å². The van der Waals surface area contributed by atoms with E-state index in [-0.39, 0.29) is 12.1 Å². The van der Waals surface area contributed by atoms with Crippen molar-refractivity contribution < 1.29 is 19.2 Å². The standard InChI is InChI=1S/C15H25NO4/c1-8-4-5-11-9(2)12(16)17-13-15(11)10(8)6-7-14(3,18-13)19-20-15/h8-13H,4-7,16H2,1-3H3/t8-,9-,10?,11?,12+,13-,14?,15-/m1/s1. The molecule has 0 radical (unpaired) electrons. The van der Waals surface area contributed by atoms with Crippen molar-refractivity contribution in [2.45, 2.75) is 70.4 Å². The second-order valence-electron chi connectivity index (χ2n) is 7.37. The Labute approximate surface area is 120 Å². The van der Waals surface area contributed by atoms with Crippen molar-refractivity contribution in [2.75, 3.05) is 0 Å². The van der Waals surface area contributed by atoms with E-state index in [0.717, 1.165) is 19.3 Å². The number of rotatable bonds is 0. The van der Waals surface area contributed by atoms with Crippen LogP contribution in [0.5, 0.6) is 0 Å². The molecule has 3 unspecified atom stereocenters. The Morgan fingerprint density at radius 1 is 1.05 bits per heavy atom. The molecule has 8 atom stereocenters. The summed E-state index contributed by atoms with van der Waals surface area (Å²) in [5, 5.41) is 0. The molecule has 2 N–H and O–H groups in total. The van der Waals surface area contributed by atoms with E-state index in [0.29, 0.717) is 17.8 Å². The predicted octanol–water partition coefficient (Wildman–Crippen LogP) is 2.15. The molecule has 5 aliphatic rings. The maximum atomic E-state index is 6.18. The summed E-state index contributed by atoms with van der Waals surface area (Å²) in [6.45, 7) is 6.41. The van der Waals surface area contributed by atoms with Crippen LogP contribution in [0.15, 0.2) is 0 Å². The zero-order valence-corrected chi connectivity index (χ0v) is 12.5. The largest absolute Gasteiger partial charge is 0.331 e. The molecule has 2 bridgehead atoms. The van der Waals surface area contributed by atoms with Crippen LogP contribution in [0.4, 0.5) is 0 Å². The molecular formula is C15H25NO4. The third-order valence-electron chi connectivity index (χ3n) is 6.21. The summed E-state index contributed by atoms with van der Waals surface area (Å²) in [4.78, 5) is 11.7. The summed E-state index contributed by atoms with van der Waals surface area (Å²) < 4.78 is 12.2. The highest BCUT2D eigenvalue weighted by Gasteiger charge is 2.68. The van der Waals surface area contributed by atoms with Gasteiger partial charge in [0.25, 0.3) is 0 Å². The molecule has 0 amide bonds. The van der Waals surface area contributed by atoms with Gasteiger partial charge in [0.15, 0.2) is 11.9 Å². The van der Waals surface area contributed by atoms with Crippen LogP contribution in [-0.4, -0.2) is 23.9 Å². The van der Waals surface area contributed by atoms with Crippen molar-refractivity contribution in [1.82, 2.24) is 0 Å². The summed E-state index contributed by atoms with van der Waals surface area (Å²) >= 11 is 0. The number of fused-ring (bicyclic) bond motifs is 2. The van der Waals surface area contributed by atoms with E-state index in [1.165, 1.54) is 6.42 Å². The number of ether oxygens (including phenoxy) is 2. The highest BCUT2D eigenvalue weighted by molar-refractivity contribution is 5.09. The molecule has 0 aromatic rings. The minimum atomic E-state index is -0.697. The van der Waals surface area contributed by atoms with Crippen LogP contribution in [0.25, 0.3) is 0 Å². The van der Waals surface area contributed by atoms with Crippen molar-refractivity contribution in [1.29, 1.82) is 0 Å². The van der Waals surface area contributed by atoms with Gasteiger partial charge in [-0.3, -0.25) is 0 Å². The summed E-state index contributed by atoms with van der Waals surface area (Å²) in [7, 11) is 0. The molecule has 0 aromatic heterocycles. The van der Waals surface area contributed by atoms with E-state index in [2.05, 4.69) is 13.8 Å². The number of nitrogens with two attached hydrogens (primary N) is 1. The van der Waals surface area contributed by atoms with Crippen LogP contribution in [0.2, 0.25) is 0 Å². The van der Waals surface area contributed by atoms with E-state index in [1.807, 2.05) is 6.92 Å². The number of hydrogen-bond donors (Lipinski definition) is 1. The Bertz CT molecular complexity index is 415. The molecule has 20 heavy (non-hydrogen) atoms. The maximum Gasteiger partial charge on any atom is 0.201 e. The van der Waals surface area contributed by atoms with E-state index in [4.69, 9.17) is 25.0 Å². The van der Waals surface area contributed by atoms with Crippen LogP contribution >= 0.6 is 0 Å². The molecule has 1 aliphatic carbocycles. The molecule has 5 rings (SSSR count). The van der Waals surface area contributed by atoms with Crippen molar-refractivity contribution >= 4 is 0 Å². The molecule has 1 spiro atoms. The molecule has 5 fully saturated rings. The van der Waals surface area contributed by atoms with Crippen LogP contribution in [0.3, 0.4) is 0 Å². The minimum absolute atomic E-state index is 0.260. The lowest BCUT2D eigenvalue weighted by Gasteiger charge is -2.60. The van der Waals surface area contributed by atoms with Gasteiger partial charge in [-0.25, -0.2) is 9.78 Å². The summed E-state index contributed by atoms with van der Waals surface area (Å²) in [6, 6.07) is 0. The van der Waals surface area contributed by atoms with Crippen LogP contribution in [-0.2, 0) is 19.2 Å². The maximum absolute atomic E-state index is 6.18. The topological polar surface area (TPSA) is 62.9 Å². The third kappa shape index (κ3) is 1.56. The van der Waals surface area contributed by atoms with Gasteiger partial charge in [0.1, 0.15) is 6.23 Å². The average molecular weight is 283 g/mol. The van der Waals surface area contributed by atoms with E-state index in [1.54, 1.807) is 0 Å². The molecule has 0 aromatic carbocycles. The molecular weight excluding hydrogens is 258 g/mol. The summed E-state index contributed by atoms with van der Waals surface area (Å²) in [6.07, 6.45) is 3.57. The molecule has 4 aliphatic heterocycles. The van der Waals surface area contributed by atoms with Crippen LogP contribution in [0.1, 0.15) is 46.5 Å². The Balaban J connectivity index is 1.82. The highest BCUT2D eigenvalue weighted by atomic mass is 17.3. The second-order valence-corrected chi connectivity index (χ2v) is 7.37. The van der Waals surface area contributed by atoms with E-state index < -0.39 is 17.7 Å². The summed E-state index contributed by atoms with van der Waals surface area (Å²) in [5.74, 6) is 0.936. The van der Waals surface area contributed by atoms with Crippen LogP contribution in [0, 0.1) is 23.7 Å². The van der Waals surface area contributed by atoms with E-state index in [9.17, 15) is 0 Å². The lowest BCUT2D eigenvalue weighted by molar-refractivity contribution is -0.570. The monoisotopic (exact) mass is 283 g/mol. The fourth-order valence-corrected chi connectivity index (χ4v) is 4.93. The third-order valence-corrected chi connectivity index (χ3v) is 6.21. The van der Waals surface area contributed by atoms with Crippen molar-refractivity contribution in [2.24, 2.45) is 29.4 Å². The van der Waals surface area contributed by atoms with Gasteiger partial charge in [0.2, 0.25) is 5.79 Å². The van der Waals surface area contributed by atoms with Crippen molar-refractivity contribution in [3.8, 4) is 0 Å². The van der Waals surface area contributed by atoms with Gasteiger partial charge in [-0.1, -0.05) is 13.8 Å². The van der Waals surface area contributed by atoms with Gasteiger partial charge in [0.05, 0.1) is 0 Å². The van der Waals surface area contributed by atoms with Gasteiger partial charge >= 0.3 is 0 Å². The lowest BCUT2D eigenvalue weighted by atomic mass is 9.58. The lowest BCUT2D eigenvalue weighted by Crippen LogP contribution is -2.71. The molecule has 5 nitrogen and oxygen atoms in total. The van der Waals surface area contributed by atoms with Gasteiger partial charge in [-0.15, -0.1) is 0 Å². The molecule has 4 saturated heterocycles. The Kier molecular flexibility index (Phi) is 2.81. The molecule has 5 heteroatoms. The predicted molar refractivity (Wildman–Crippen MR) is 71.0 cm³/mol. The minimum Gasteiger partial charge on any atom is -0.331 e. The first kappa shape index (κ1) is 13.5. The van der Waals surface area contributed by atoms with Gasteiger partial charge < -0.3 is 15.2 Å². The first-order valence-electron chi connectivity index (χ1n) is 7.92. The summed E-state index contributed by atoms with van der Waals surface area (Å²) in [5.41, 5.74) is 5.71. The molecule has 1 saturated carbocycles. The Morgan fingerprint density at radius 3 is 2.65 bits per heavy atom. The molecule has 114 valence electrons. The van der Waals surface area contributed by atoms with Crippen LogP contribution < -0.4 is 5.73 Å². The zero-order valence-electron chi connectivity index (χ0n) is 12.5. The van der Waals surface area contributed by atoms with Gasteiger partial charge in [0, 0.05) is 18.3 Å².